The molecule has 2 aromatic carbocycles. The number of phenols is 1. The average Bonchev–Trinajstić information content (AvgIpc) is 2.67. The summed E-state index contributed by atoms with van der Waals surface area (Å²) in [6.07, 6.45) is 3.18. The number of hydrogen-bond acceptors (Lipinski definition) is 5. The maximum atomic E-state index is 13.5. The van der Waals surface area contributed by atoms with Crippen LogP contribution in [0.5, 0.6) is 5.75 Å². The molecule has 0 aliphatic rings. The van der Waals surface area contributed by atoms with Crippen LogP contribution in [0.1, 0.15) is 0 Å². The van der Waals surface area contributed by atoms with Crippen molar-refractivity contribution in [2.24, 2.45) is 0 Å². The van der Waals surface area contributed by atoms with Gasteiger partial charge in [0.15, 0.2) is 23.3 Å². The van der Waals surface area contributed by atoms with Gasteiger partial charge in [-0.3, -0.25) is 4.98 Å². The molecule has 0 atom stereocenters. The van der Waals surface area contributed by atoms with E-state index in [-0.39, 0.29) is 29.7 Å². The first-order valence-electron chi connectivity index (χ1n) is 7.84. The molecule has 5 nitrogen and oxygen atoms in total. The second-order valence-corrected chi connectivity index (χ2v) is 5.72. The van der Waals surface area contributed by atoms with Gasteiger partial charge in [-0.2, -0.15) is 0 Å². The van der Waals surface area contributed by atoms with Gasteiger partial charge in [0.25, 0.3) is 0 Å². The number of nitrogens with zero attached hydrogens (tertiary/aromatic N) is 3. The summed E-state index contributed by atoms with van der Waals surface area (Å²) in [5.41, 5.74) is 1.09. The molecule has 0 saturated carbocycles. The second-order valence-electron chi connectivity index (χ2n) is 5.72. The lowest BCUT2D eigenvalue weighted by molar-refractivity contribution is 0.448. The van der Waals surface area contributed by atoms with Gasteiger partial charge in [-0.25, -0.2) is 23.1 Å². The Kier molecular flexibility index (Phi) is 5.32. The largest absolute Gasteiger partial charge is 0.508 e. The lowest BCUT2D eigenvalue weighted by atomic mass is 10.2. The number of aromatic nitrogens is 3. The van der Waals surface area contributed by atoms with Crippen LogP contribution in [0.3, 0.4) is 0 Å². The van der Waals surface area contributed by atoms with E-state index in [1.165, 1.54) is 12.1 Å². The van der Waals surface area contributed by atoms with Crippen LogP contribution < -0.4 is 5.32 Å². The molecule has 142 valence electrons. The normalized spacial score (nSPS) is 10.5. The standard InChI is InChI=1S/C19H11F3N4O.ClH/c20-14-6-11(7-15(21)17(14)22)24-19-13-8-12(27)3-4-16(13)25-18(26-19)10-2-1-5-23-9-10;/h1-9,27H,(H,24,25,26);1H. The Morgan fingerprint density at radius 1 is 0.929 bits per heavy atom. The Labute approximate surface area is 163 Å². The van der Waals surface area contributed by atoms with Crippen molar-refractivity contribution in [1.29, 1.82) is 0 Å². The highest BCUT2D eigenvalue weighted by Crippen LogP contribution is 2.30. The van der Waals surface area contributed by atoms with E-state index in [4.69, 9.17) is 0 Å². The number of phenolic OH excluding ortho intramolecular Hbond substituents is 1. The van der Waals surface area contributed by atoms with Gasteiger partial charge in [-0.05, 0) is 30.3 Å². The molecule has 28 heavy (non-hydrogen) atoms. The predicted molar refractivity (Wildman–Crippen MR) is 101 cm³/mol. The third-order valence-electron chi connectivity index (χ3n) is 3.85. The predicted octanol–water partition coefficient (Wildman–Crippen LogP) is 4.98. The van der Waals surface area contributed by atoms with Gasteiger partial charge >= 0.3 is 0 Å². The molecule has 4 rings (SSSR count). The zero-order chi connectivity index (χ0) is 19.0. The molecule has 0 radical (unpaired) electrons. The van der Waals surface area contributed by atoms with Crippen LogP contribution in [0.25, 0.3) is 22.3 Å². The quantitative estimate of drug-likeness (QED) is 0.471. The Balaban J connectivity index is 0.00000225. The van der Waals surface area contributed by atoms with E-state index in [0.29, 0.717) is 22.3 Å². The van der Waals surface area contributed by atoms with Crippen molar-refractivity contribution in [2.45, 2.75) is 0 Å². The highest BCUT2D eigenvalue weighted by Gasteiger charge is 2.14. The van der Waals surface area contributed by atoms with Crippen molar-refractivity contribution in [3.63, 3.8) is 0 Å². The minimum absolute atomic E-state index is 0. The van der Waals surface area contributed by atoms with E-state index < -0.39 is 17.5 Å². The number of fused-ring (bicyclic) bond motifs is 1. The van der Waals surface area contributed by atoms with Crippen molar-refractivity contribution >= 4 is 34.8 Å². The Morgan fingerprint density at radius 2 is 1.68 bits per heavy atom. The number of hydrogen-bond donors (Lipinski definition) is 2. The molecule has 4 aromatic rings. The molecule has 0 spiro atoms. The van der Waals surface area contributed by atoms with Crippen LogP contribution in [0.2, 0.25) is 0 Å². The number of rotatable bonds is 3. The smallest absolute Gasteiger partial charge is 0.194 e. The van der Waals surface area contributed by atoms with Gasteiger partial charge in [0.1, 0.15) is 11.6 Å². The van der Waals surface area contributed by atoms with Crippen molar-refractivity contribution in [3.8, 4) is 17.1 Å². The van der Waals surface area contributed by atoms with E-state index in [0.717, 1.165) is 12.1 Å². The molecule has 2 N–H and O–H groups in total. The van der Waals surface area contributed by atoms with Gasteiger partial charge in [0.05, 0.1) is 5.52 Å². The molecule has 0 aliphatic carbocycles. The van der Waals surface area contributed by atoms with Gasteiger partial charge in [0, 0.05) is 41.2 Å². The zero-order valence-electron chi connectivity index (χ0n) is 14.0. The van der Waals surface area contributed by atoms with E-state index in [1.54, 1.807) is 30.6 Å². The number of aromatic hydroxyl groups is 1. The van der Waals surface area contributed by atoms with Crippen LogP contribution in [0.15, 0.2) is 54.9 Å². The fraction of sp³-hybridized carbons (Fsp3) is 0. The van der Waals surface area contributed by atoms with Crippen molar-refractivity contribution in [2.75, 3.05) is 5.32 Å². The van der Waals surface area contributed by atoms with Crippen LogP contribution in [0, 0.1) is 17.5 Å². The van der Waals surface area contributed by atoms with Crippen molar-refractivity contribution < 1.29 is 18.3 Å². The van der Waals surface area contributed by atoms with Crippen LogP contribution in [0.4, 0.5) is 24.7 Å². The second kappa shape index (κ2) is 7.69. The highest BCUT2D eigenvalue weighted by atomic mass is 35.5. The molecule has 0 unspecified atom stereocenters. The lowest BCUT2D eigenvalue weighted by Gasteiger charge is -2.12. The minimum Gasteiger partial charge on any atom is -0.508 e. The summed E-state index contributed by atoms with van der Waals surface area (Å²) in [5, 5.41) is 13.0. The van der Waals surface area contributed by atoms with Crippen LogP contribution in [-0.4, -0.2) is 20.1 Å². The third kappa shape index (κ3) is 3.67. The molecule has 0 fully saturated rings. The fourth-order valence-corrected chi connectivity index (χ4v) is 2.60. The number of halogens is 4. The topological polar surface area (TPSA) is 70.9 Å². The number of benzene rings is 2. The first kappa shape index (κ1) is 19.4. The van der Waals surface area contributed by atoms with Gasteiger partial charge in [-0.15, -0.1) is 12.4 Å². The third-order valence-corrected chi connectivity index (χ3v) is 3.85. The van der Waals surface area contributed by atoms with E-state index in [9.17, 15) is 18.3 Å². The van der Waals surface area contributed by atoms with E-state index in [1.807, 2.05) is 0 Å². The summed E-state index contributed by atoms with van der Waals surface area (Å²) in [7, 11) is 0. The molecular weight excluding hydrogens is 393 g/mol. The zero-order valence-corrected chi connectivity index (χ0v) is 14.8. The molecule has 0 amide bonds. The molecular formula is C19H12ClF3N4O. The number of nitrogens with one attached hydrogen (secondary N) is 1. The Bertz CT molecular complexity index is 1140. The summed E-state index contributed by atoms with van der Waals surface area (Å²) in [5.74, 6) is -3.72. The summed E-state index contributed by atoms with van der Waals surface area (Å²) < 4.78 is 40.3. The van der Waals surface area contributed by atoms with Crippen molar-refractivity contribution in [3.05, 3.63) is 72.3 Å². The Morgan fingerprint density at radius 3 is 2.36 bits per heavy atom. The van der Waals surface area contributed by atoms with Gasteiger partial charge in [0.2, 0.25) is 0 Å². The number of pyridine rings is 1. The molecule has 9 heteroatoms. The van der Waals surface area contributed by atoms with Crippen LogP contribution >= 0.6 is 12.4 Å². The summed E-state index contributed by atoms with van der Waals surface area (Å²) in [4.78, 5) is 12.8. The van der Waals surface area contributed by atoms with Gasteiger partial charge in [-0.1, -0.05) is 0 Å². The summed E-state index contributed by atoms with van der Waals surface area (Å²) in [6.45, 7) is 0. The summed E-state index contributed by atoms with van der Waals surface area (Å²) in [6, 6.07) is 9.58. The highest BCUT2D eigenvalue weighted by molar-refractivity contribution is 5.93. The average molecular weight is 405 g/mol. The molecule has 0 saturated heterocycles. The van der Waals surface area contributed by atoms with Crippen molar-refractivity contribution in [1.82, 2.24) is 15.0 Å². The SMILES string of the molecule is Cl.Oc1ccc2nc(-c3cccnc3)nc(Nc3cc(F)c(F)c(F)c3)c2c1. The van der Waals surface area contributed by atoms with E-state index >= 15 is 0 Å². The van der Waals surface area contributed by atoms with E-state index in [2.05, 4.69) is 20.3 Å². The molecule has 2 aromatic heterocycles. The maximum Gasteiger partial charge on any atom is 0.194 e. The monoisotopic (exact) mass is 404 g/mol. The maximum absolute atomic E-state index is 13.5. The first-order chi connectivity index (χ1) is 13.0. The molecule has 2 heterocycles. The first-order valence-corrected chi connectivity index (χ1v) is 7.84. The lowest BCUT2D eigenvalue weighted by Crippen LogP contribution is -2.01. The van der Waals surface area contributed by atoms with Crippen LogP contribution in [-0.2, 0) is 0 Å². The minimum atomic E-state index is -1.55. The molecule has 0 aliphatic heterocycles. The Hall–Kier alpha value is -3.39. The number of anilines is 2. The summed E-state index contributed by atoms with van der Waals surface area (Å²) >= 11 is 0. The molecule has 0 bridgehead atoms. The van der Waals surface area contributed by atoms with Gasteiger partial charge < -0.3 is 10.4 Å². The fourth-order valence-electron chi connectivity index (χ4n) is 2.60.